The van der Waals surface area contributed by atoms with Gasteiger partial charge in [-0.2, -0.15) is 10.4 Å². The SMILES string of the molecule is CC1CCN(C(=O)C2(C#N)CC2)CC1N(C)c1c(C(=N)N)cnn2cccc12. The molecule has 2 unspecified atom stereocenters. The second kappa shape index (κ2) is 6.51. The summed E-state index contributed by atoms with van der Waals surface area (Å²) >= 11 is 0. The van der Waals surface area contributed by atoms with Gasteiger partial charge in [0.1, 0.15) is 11.3 Å². The number of rotatable bonds is 4. The number of anilines is 1. The van der Waals surface area contributed by atoms with E-state index in [-0.39, 0.29) is 17.8 Å². The summed E-state index contributed by atoms with van der Waals surface area (Å²) in [6, 6.07) is 6.15. The number of likely N-dealkylation sites (N-methyl/N-ethyl adjacent to an activating group) is 1. The van der Waals surface area contributed by atoms with Crippen molar-refractivity contribution in [1.82, 2.24) is 14.5 Å². The van der Waals surface area contributed by atoms with Gasteiger partial charge in [0.05, 0.1) is 29.0 Å². The zero-order chi connectivity index (χ0) is 20.1. The number of aromatic nitrogens is 2. The zero-order valence-corrected chi connectivity index (χ0v) is 16.2. The van der Waals surface area contributed by atoms with Gasteiger partial charge in [-0.1, -0.05) is 6.92 Å². The van der Waals surface area contributed by atoms with Crippen molar-refractivity contribution in [2.24, 2.45) is 17.1 Å². The van der Waals surface area contributed by atoms with Gasteiger partial charge in [-0.15, -0.1) is 0 Å². The number of hydrogen-bond donors (Lipinski definition) is 2. The molecule has 1 saturated carbocycles. The van der Waals surface area contributed by atoms with Gasteiger partial charge in [0, 0.05) is 32.4 Å². The lowest BCUT2D eigenvalue weighted by atomic mass is 9.90. The highest BCUT2D eigenvalue weighted by Gasteiger charge is 2.53. The normalized spacial score (nSPS) is 23.2. The standard InChI is InChI=1S/C20H25N7O/c1-13-5-9-26(19(28)20(12-21)6-7-20)11-16(13)25(2)17-14(18(22)23)10-24-27-8-3-4-15(17)27/h3-4,8,10,13,16H,5-7,9,11H2,1-2H3,(H3,22,23). The molecule has 2 fully saturated rings. The summed E-state index contributed by atoms with van der Waals surface area (Å²) in [5.41, 5.74) is 7.36. The van der Waals surface area contributed by atoms with Crippen molar-refractivity contribution >= 4 is 22.9 Å². The van der Waals surface area contributed by atoms with Crippen LogP contribution in [0, 0.1) is 28.1 Å². The zero-order valence-electron chi connectivity index (χ0n) is 16.2. The van der Waals surface area contributed by atoms with E-state index < -0.39 is 5.41 Å². The maximum atomic E-state index is 12.9. The van der Waals surface area contributed by atoms with Crippen molar-refractivity contribution in [1.29, 1.82) is 10.7 Å². The van der Waals surface area contributed by atoms with Gasteiger partial charge in [0.2, 0.25) is 5.91 Å². The van der Waals surface area contributed by atoms with Crippen LogP contribution in [0.15, 0.2) is 24.5 Å². The predicted molar refractivity (Wildman–Crippen MR) is 106 cm³/mol. The fourth-order valence-electron chi connectivity index (χ4n) is 4.25. The fraction of sp³-hybridized carbons (Fsp3) is 0.500. The molecule has 1 aliphatic carbocycles. The van der Waals surface area contributed by atoms with Gasteiger partial charge in [-0.25, -0.2) is 4.52 Å². The summed E-state index contributed by atoms with van der Waals surface area (Å²) in [5, 5.41) is 21.7. The summed E-state index contributed by atoms with van der Waals surface area (Å²) < 4.78 is 1.77. The smallest absolute Gasteiger partial charge is 0.243 e. The van der Waals surface area contributed by atoms with Crippen LogP contribution < -0.4 is 10.6 Å². The number of nitrogens with two attached hydrogens (primary N) is 1. The minimum absolute atomic E-state index is 0.0316. The second-order valence-corrected chi connectivity index (χ2v) is 8.05. The first-order chi connectivity index (χ1) is 13.4. The van der Waals surface area contributed by atoms with Crippen LogP contribution in [0.2, 0.25) is 0 Å². The lowest BCUT2D eigenvalue weighted by Gasteiger charge is -2.43. The molecule has 0 spiro atoms. The van der Waals surface area contributed by atoms with E-state index in [1.807, 2.05) is 30.3 Å². The Bertz CT molecular complexity index is 984. The Morgan fingerprint density at radius 2 is 2.25 bits per heavy atom. The Hall–Kier alpha value is -3.08. The Kier molecular flexibility index (Phi) is 4.26. The summed E-state index contributed by atoms with van der Waals surface area (Å²) in [5.74, 6) is 0.291. The molecule has 1 saturated heterocycles. The van der Waals surface area contributed by atoms with E-state index in [4.69, 9.17) is 11.1 Å². The number of carbonyl (C=O) groups is 1. The number of piperidine rings is 1. The quantitative estimate of drug-likeness (QED) is 0.618. The van der Waals surface area contributed by atoms with Crippen LogP contribution in [0.3, 0.4) is 0 Å². The number of nitrogen functional groups attached to an aromatic ring is 1. The number of carbonyl (C=O) groups excluding carboxylic acids is 1. The molecule has 0 radical (unpaired) electrons. The average Bonchev–Trinajstić information content (AvgIpc) is 3.35. The molecule has 8 heteroatoms. The molecule has 8 nitrogen and oxygen atoms in total. The van der Waals surface area contributed by atoms with E-state index >= 15 is 0 Å². The Morgan fingerprint density at radius 1 is 1.50 bits per heavy atom. The van der Waals surface area contributed by atoms with Gasteiger partial charge >= 0.3 is 0 Å². The fourth-order valence-corrected chi connectivity index (χ4v) is 4.25. The van der Waals surface area contributed by atoms with E-state index in [2.05, 4.69) is 23.0 Å². The summed E-state index contributed by atoms with van der Waals surface area (Å²) in [7, 11) is 1.99. The van der Waals surface area contributed by atoms with Crippen molar-refractivity contribution < 1.29 is 4.79 Å². The molecule has 0 bridgehead atoms. The highest BCUT2D eigenvalue weighted by molar-refractivity contribution is 6.03. The van der Waals surface area contributed by atoms with Crippen LogP contribution in [0.1, 0.15) is 31.7 Å². The summed E-state index contributed by atoms with van der Waals surface area (Å²) in [6.45, 7) is 3.43. The topological polar surface area (TPSA) is 115 Å². The molecular formula is C20H25N7O. The van der Waals surface area contributed by atoms with Gasteiger partial charge in [0.15, 0.2) is 0 Å². The summed E-state index contributed by atoms with van der Waals surface area (Å²) in [6.07, 6.45) is 5.68. The number of amidine groups is 1. The Labute approximate surface area is 164 Å². The monoisotopic (exact) mass is 379 g/mol. The molecule has 3 heterocycles. The average molecular weight is 379 g/mol. The molecule has 1 aliphatic heterocycles. The number of likely N-dealkylation sites (tertiary alicyclic amines) is 1. The first kappa shape index (κ1) is 18.3. The molecule has 3 N–H and O–H groups in total. The van der Waals surface area contributed by atoms with Gasteiger partial charge in [0.25, 0.3) is 0 Å². The third kappa shape index (κ3) is 2.78. The maximum absolute atomic E-state index is 12.9. The van der Waals surface area contributed by atoms with Crippen LogP contribution >= 0.6 is 0 Å². The van der Waals surface area contributed by atoms with Crippen molar-refractivity contribution in [3.63, 3.8) is 0 Å². The van der Waals surface area contributed by atoms with E-state index in [1.165, 1.54) is 0 Å². The molecular weight excluding hydrogens is 354 g/mol. The minimum Gasteiger partial charge on any atom is -0.384 e. The van der Waals surface area contributed by atoms with Crippen molar-refractivity contribution in [2.45, 2.75) is 32.2 Å². The molecule has 28 heavy (non-hydrogen) atoms. The highest BCUT2D eigenvalue weighted by atomic mass is 16.2. The molecule has 0 aromatic carbocycles. The van der Waals surface area contributed by atoms with Crippen LogP contribution in [0.25, 0.3) is 5.52 Å². The van der Waals surface area contributed by atoms with Gasteiger partial charge in [-0.3, -0.25) is 10.2 Å². The molecule has 2 aliphatic rings. The van der Waals surface area contributed by atoms with E-state index in [0.29, 0.717) is 37.4 Å². The predicted octanol–water partition coefficient (Wildman–Crippen LogP) is 1.60. The van der Waals surface area contributed by atoms with Crippen LogP contribution in [-0.4, -0.2) is 52.4 Å². The largest absolute Gasteiger partial charge is 0.384 e. The molecule has 2 aromatic heterocycles. The van der Waals surface area contributed by atoms with Crippen molar-refractivity contribution in [3.8, 4) is 6.07 Å². The van der Waals surface area contributed by atoms with Crippen LogP contribution in [0.5, 0.6) is 0 Å². The third-order valence-electron chi connectivity index (χ3n) is 6.26. The third-order valence-corrected chi connectivity index (χ3v) is 6.26. The number of nitriles is 1. The van der Waals surface area contributed by atoms with Crippen molar-refractivity contribution in [2.75, 3.05) is 25.0 Å². The summed E-state index contributed by atoms with van der Waals surface area (Å²) in [4.78, 5) is 16.9. The maximum Gasteiger partial charge on any atom is 0.243 e. The number of fused-ring (bicyclic) bond motifs is 1. The second-order valence-electron chi connectivity index (χ2n) is 8.05. The first-order valence-electron chi connectivity index (χ1n) is 9.62. The van der Waals surface area contributed by atoms with E-state index in [0.717, 1.165) is 17.6 Å². The lowest BCUT2D eigenvalue weighted by molar-refractivity contribution is -0.136. The number of hydrogen-bond acceptors (Lipinski definition) is 5. The minimum atomic E-state index is -0.792. The van der Waals surface area contributed by atoms with E-state index in [9.17, 15) is 10.1 Å². The first-order valence-corrected chi connectivity index (χ1v) is 9.62. The highest BCUT2D eigenvalue weighted by Crippen LogP contribution is 2.47. The van der Waals surface area contributed by atoms with Crippen LogP contribution in [-0.2, 0) is 4.79 Å². The van der Waals surface area contributed by atoms with Gasteiger partial charge in [-0.05, 0) is 37.3 Å². The number of nitrogens with zero attached hydrogens (tertiary/aromatic N) is 5. The molecule has 4 rings (SSSR count). The molecule has 146 valence electrons. The Balaban J connectivity index is 1.68. The van der Waals surface area contributed by atoms with E-state index in [1.54, 1.807) is 10.7 Å². The number of nitrogens with one attached hydrogen (secondary N) is 1. The van der Waals surface area contributed by atoms with Crippen LogP contribution in [0.4, 0.5) is 5.69 Å². The van der Waals surface area contributed by atoms with Crippen molar-refractivity contribution in [3.05, 3.63) is 30.1 Å². The molecule has 2 atom stereocenters. The molecule has 1 amide bonds. The Morgan fingerprint density at radius 3 is 2.89 bits per heavy atom. The lowest BCUT2D eigenvalue weighted by Crippen LogP contribution is -2.54. The number of amides is 1. The van der Waals surface area contributed by atoms with Gasteiger partial charge < -0.3 is 15.5 Å². The molecule has 2 aromatic rings.